The van der Waals surface area contributed by atoms with Crippen LogP contribution in [0, 0.1) is 0 Å². The first kappa shape index (κ1) is 24.7. The number of carbonyl (C=O) groups excluding carboxylic acids is 2. The molecule has 8 aromatic rings. The molecular formula is C36H22N4O3. The lowest BCUT2D eigenvalue weighted by atomic mass is 9.99. The Morgan fingerprint density at radius 3 is 1.35 bits per heavy atom. The van der Waals surface area contributed by atoms with Gasteiger partial charge in [-0.25, -0.2) is 19.6 Å². The van der Waals surface area contributed by atoms with Crippen molar-refractivity contribution in [3.63, 3.8) is 0 Å². The maximum Gasteiger partial charge on any atom is 0.382 e. The maximum absolute atomic E-state index is 13.3. The van der Waals surface area contributed by atoms with E-state index in [0.29, 0.717) is 22.1 Å². The van der Waals surface area contributed by atoms with Crippen molar-refractivity contribution in [1.29, 1.82) is 0 Å². The maximum atomic E-state index is 13.3. The molecule has 6 aromatic carbocycles. The largest absolute Gasteiger partial charge is 0.382 e. The normalized spacial score (nSPS) is 11.4. The molecule has 0 saturated heterocycles. The lowest BCUT2D eigenvalue weighted by Gasteiger charge is -2.06. The standard InChI is InChI=1S/C36H22N4O3/c41-35(33-37-29-25-17-9-7-15-23(25)19-27(31(29)39-33)21-11-3-1-4-12-21)43-36(42)34-38-30-26-18-10-8-16-24(26)20-28(32(30)40-34)22-13-5-2-6-14-22/h1-20H,(H,37,39)(H,38,40). The molecule has 0 unspecified atom stereocenters. The number of ether oxygens (including phenoxy) is 1. The van der Waals surface area contributed by atoms with E-state index in [1.165, 1.54) is 0 Å². The molecule has 204 valence electrons. The second-order valence-electron chi connectivity index (χ2n) is 10.3. The van der Waals surface area contributed by atoms with E-state index >= 15 is 0 Å². The number of hydrogen-bond acceptors (Lipinski definition) is 5. The topological polar surface area (TPSA) is 101 Å². The van der Waals surface area contributed by atoms with E-state index in [1.54, 1.807) is 0 Å². The lowest BCUT2D eigenvalue weighted by Crippen LogP contribution is -2.15. The molecule has 0 aliphatic rings. The Bertz CT molecular complexity index is 2190. The van der Waals surface area contributed by atoms with E-state index in [4.69, 9.17) is 4.74 Å². The molecule has 0 fully saturated rings. The van der Waals surface area contributed by atoms with Gasteiger partial charge in [-0.3, -0.25) is 0 Å². The van der Waals surface area contributed by atoms with Gasteiger partial charge in [0.1, 0.15) is 0 Å². The summed E-state index contributed by atoms with van der Waals surface area (Å²) in [6, 6.07) is 39.6. The van der Waals surface area contributed by atoms with Crippen LogP contribution in [0.2, 0.25) is 0 Å². The summed E-state index contributed by atoms with van der Waals surface area (Å²) in [5, 5.41) is 3.81. The van der Waals surface area contributed by atoms with Crippen LogP contribution < -0.4 is 0 Å². The number of H-pyrrole nitrogens is 2. The van der Waals surface area contributed by atoms with Crippen molar-refractivity contribution in [3.05, 3.63) is 133 Å². The highest BCUT2D eigenvalue weighted by molar-refractivity contribution is 6.14. The number of fused-ring (bicyclic) bond motifs is 6. The zero-order valence-corrected chi connectivity index (χ0v) is 22.7. The minimum atomic E-state index is -0.891. The van der Waals surface area contributed by atoms with Crippen LogP contribution in [-0.2, 0) is 4.74 Å². The minimum absolute atomic E-state index is 0.0663. The third-order valence-corrected chi connectivity index (χ3v) is 7.72. The summed E-state index contributed by atoms with van der Waals surface area (Å²) < 4.78 is 5.33. The summed E-state index contributed by atoms with van der Waals surface area (Å²) >= 11 is 0. The first-order chi connectivity index (χ1) is 21.1. The van der Waals surface area contributed by atoms with Gasteiger partial charge in [0.15, 0.2) is 0 Å². The number of hydrogen-bond donors (Lipinski definition) is 2. The van der Waals surface area contributed by atoms with E-state index in [1.807, 2.05) is 109 Å². The molecule has 0 aliphatic heterocycles. The van der Waals surface area contributed by atoms with Crippen molar-refractivity contribution in [3.8, 4) is 22.3 Å². The average molecular weight is 559 g/mol. The van der Waals surface area contributed by atoms with Crippen molar-refractivity contribution < 1.29 is 14.3 Å². The van der Waals surface area contributed by atoms with Gasteiger partial charge < -0.3 is 14.7 Å². The molecule has 0 bridgehead atoms. The van der Waals surface area contributed by atoms with Crippen LogP contribution in [0.15, 0.2) is 121 Å². The SMILES string of the molecule is O=C(OC(=O)c1nc2c(-c3ccccc3)cc3ccccc3c2[nH]1)c1nc2c(-c3ccccc3)cc3ccccc3c2[nH]1. The lowest BCUT2D eigenvalue weighted by molar-refractivity contribution is 0.0382. The van der Waals surface area contributed by atoms with Crippen molar-refractivity contribution in [1.82, 2.24) is 19.9 Å². The number of nitrogens with one attached hydrogen (secondary N) is 2. The molecule has 0 aliphatic carbocycles. The summed E-state index contributed by atoms with van der Waals surface area (Å²) in [7, 11) is 0. The monoisotopic (exact) mass is 558 g/mol. The van der Waals surface area contributed by atoms with Gasteiger partial charge in [0.2, 0.25) is 11.6 Å². The molecule has 7 nitrogen and oxygen atoms in total. The van der Waals surface area contributed by atoms with Crippen LogP contribution in [0.25, 0.3) is 65.9 Å². The highest BCUT2D eigenvalue weighted by Gasteiger charge is 2.24. The van der Waals surface area contributed by atoms with Gasteiger partial charge in [0, 0.05) is 21.9 Å². The number of imidazole rings is 2. The Labute approximate surface area is 244 Å². The molecule has 2 aromatic heterocycles. The third kappa shape index (κ3) is 4.14. The molecule has 0 atom stereocenters. The van der Waals surface area contributed by atoms with Gasteiger partial charge in [-0.1, -0.05) is 109 Å². The van der Waals surface area contributed by atoms with Crippen LogP contribution in [-0.4, -0.2) is 31.9 Å². The Morgan fingerprint density at radius 1 is 0.512 bits per heavy atom. The van der Waals surface area contributed by atoms with E-state index in [9.17, 15) is 9.59 Å². The number of aromatic amines is 2. The zero-order valence-electron chi connectivity index (χ0n) is 22.7. The average Bonchev–Trinajstić information content (AvgIpc) is 3.71. The molecule has 7 heteroatoms. The number of rotatable bonds is 4. The van der Waals surface area contributed by atoms with Crippen molar-refractivity contribution in [2.75, 3.05) is 0 Å². The molecule has 8 rings (SSSR count). The first-order valence-corrected chi connectivity index (χ1v) is 13.8. The molecule has 2 heterocycles. The van der Waals surface area contributed by atoms with Crippen molar-refractivity contribution in [2.24, 2.45) is 0 Å². The predicted molar refractivity (Wildman–Crippen MR) is 168 cm³/mol. The van der Waals surface area contributed by atoms with Crippen molar-refractivity contribution in [2.45, 2.75) is 0 Å². The van der Waals surface area contributed by atoms with Crippen LogP contribution in [0.5, 0.6) is 0 Å². The predicted octanol–water partition coefficient (Wildman–Crippen LogP) is 8.08. The van der Waals surface area contributed by atoms with Crippen LogP contribution >= 0.6 is 0 Å². The molecular weight excluding hydrogens is 536 g/mol. The van der Waals surface area contributed by atoms with Gasteiger partial charge in [0.05, 0.1) is 22.1 Å². The fourth-order valence-corrected chi connectivity index (χ4v) is 5.72. The molecule has 0 saturated carbocycles. The summed E-state index contributed by atoms with van der Waals surface area (Å²) in [5.74, 6) is -1.91. The van der Waals surface area contributed by atoms with Gasteiger partial charge in [-0.05, 0) is 34.0 Å². The second kappa shape index (κ2) is 9.78. The minimum Gasteiger partial charge on any atom is -0.381 e. The van der Waals surface area contributed by atoms with E-state index in [2.05, 4.69) is 32.1 Å². The summed E-state index contributed by atoms with van der Waals surface area (Å²) in [6.07, 6.45) is 0. The highest BCUT2D eigenvalue weighted by atomic mass is 16.6. The van der Waals surface area contributed by atoms with Gasteiger partial charge in [-0.2, -0.15) is 0 Å². The molecule has 0 amide bonds. The molecule has 0 spiro atoms. The van der Waals surface area contributed by atoms with Gasteiger partial charge >= 0.3 is 11.9 Å². The third-order valence-electron chi connectivity index (χ3n) is 7.72. The number of nitrogens with zero attached hydrogens (tertiary/aromatic N) is 2. The smallest absolute Gasteiger partial charge is 0.381 e. The number of benzene rings is 6. The van der Waals surface area contributed by atoms with E-state index in [-0.39, 0.29) is 11.6 Å². The molecule has 0 radical (unpaired) electrons. The molecule has 2 N–H and O–H groups in total. The van der Waals surface area contributed by atoms with Crippen LogP contribution in [0.1, 0.15) is 21.2 Å². The summed E-state index contributed by atoms with van der Waals surface area (Å²) in [6.45, 7) is 0. The zero-order chi connectivity index (χ0) is 28.9. The Balaban J connectivity index is 1.19. The van der Waals surface area contributed by atoms with Crippen LogP contribution in [0.3, 0.4) is 0 Å². The van der Waals surface area contributed by atoms with E-state index in [0.717, 1.165) is 43.8 Å². The van der Waals surface area contributed by atoms with Gasteiger partial charge in [0.25, 0.3) is 0 Å². The Morgan fingerprint density at radius 2 is 0.907 bits per heavy atom. The number of carbonyl (C=O) groups is 2. The Hall–Kier alpha value is -6.08. The summed E-state index contributed by atoms with van der Waals surface area (Å²) in [4.78, 5) is 42.1. The second-order valence-corrected chi connectivity index (χ2v) is 10.3. The Kier molecular flexibility index (Phi) is 5.62. The fourth-order valence-electron chi connectivity index (χ4n) is 5.72. The van der Waals surface area contributed by atoms with E-state index < -0.39 is 11.9 Å². The fraction of sp³-hybridized carbons (Fsp3) is 0. The van der Waals surface area contributed by atoms with Gasteiger partial charge in [-0.15, -0.1) is 0 Å². The summed E-state index contributed by atoms with van der Waals surface area (Å²) in [5.41, 5.74) is 6.29. The van der Waals surface area contributed by atoms with Crippen LogP contribution in [0.4, 0.5) is 0 Å². The number of esters is 2. The van der Waals surface area contributed by atoms with Crippen molar-refractivity contribution >= 4 is 55.6 Å². The highest BCUT2D eigenvalue weighted by Crippen LogP contribution is 2.35. The number of aromatic nitrogens is 4. The first-order valence-electron chi connectivity index (χ1n) is 13.8. The molecule has 43 heavy (non-hydrogen) atoms. The quantitative estimate of drug-likeness (QED) is 0.168.